The van der Waals surface area contributed by atoms with Crippen molar-refractivity contribution >= 4 is 21.6 Å². The first kappa shape index (κ1) is 17.5. The molecule has 1 atom stereocenters. The fourth-order valence-electron chi connectivity index (χ4n) is 1.59. The molecule has 0 heterocycles. The normalized spacial score (nSPS) is 13.5. The molecule has 0 unspecified atom stereocenters. The fraction of sp³-hybridized carbons (Fsp3) is 0.533. The van der Waals surface area contributed by atoms with Gasteiger partial charge in [0, 0.05) is 18.2 Å². The highest BCUT2D eigenvalue weighted by Gasteiger charge is 2.26. The lowest BCUT2D eigenvalue weighted by Crippen LogP contribution is -2.38. The topological polar surface area (TPSA) is 75.3 Å². The van der Waals surface area contributed by atoms with E-state index < -0.39 is 10.0 Å². The van der Waals surface area contributed by atoms with E-state index in [0.717, 1.165) is 0 Å². The van der Waals surface area contributed by atoms with Gasteiger partial charge in [-0.15, -0.1) is 0 Å². The second kappa shape index (κ2) is 6.93. The van der Waals surface area contributed by atoms with Crippen molar-refractivity contribution in [1.82, 2.24) is 5.32 Å². The van der Waals surface area contributed by atoms with Crippen LogP contribution in [0.25, 0.3) is 0 Å². The van der Waals surface area contributed by atoms with Crippen molar-refractivity contribution in [1.29, 1.82) is 0 Å². The van der Waals surface area contributed by atoms with Crippen LogP contribution in [0.2, 0.25) is 0 Å². The van der Waals surface area contributed by atoms with Crippen molar-refractivity contribution in [2.75, 3.05) is 17.0 Å². The zero-order valence-electron chi connectivity index (χ0n) is 13.0. The number of para-hydroxylation sites is 1. The van der Waals surface area contributed by atoms with Gasteiger partial charge in [-0.2, -0.15) is 0 Å². The molecule has 1 amide bonds. The van der Waals surface area contributed by atoms with Crippen LogP contribution in [0.4, 0.5) is 5.69 Å². The third-order valence-corrected chi connectivity index (χ3v) is 4.70. The molecular weight excluding hydrogens is 288 g/mol. The lowest BCUT2D eigenvalue weighted by molar-refractivity contribution is -0.127. The Balaban J connectivity index is 2.46. The zero-order chi connectivity index (χ0) is 16.1. The Bertz CT molecular complexity index is 562. The van der Waals surface area contributed by atoms with Crippen molar-refractivity contribution in [3.8, 4) is 0 Å². The van der Waals surface area contributed by atoms with E-state index in [1.807, 2.05) is 33.8 Å². The van der Waals surface area contributed by atoms with Gasteiger partial charge in [0.05, 0.1) is 5.75 Å². The molecule has 2 N–H and O–H groups in total. The highest BCUT2D eigenvalue weighted by molar-refractivity contribution is 7.92. The summed E-state index contributed by atoms with van der Waals surface area (Å²) >= 11 is 0. The Morgan fingerprint density at radius 1 is 1.19 bits per heavy atom. The molecule has 1 rings (SSSR count). The number of carbonyl (C=O) groups is 1. The molecule has 0 aliphatic heterocycles. The number of carbonyl (C=O) groups excluding carboxylic acids is 1. The van der Waals surface area contributed by atoms with Crippen LogP contribution in [0, 0.1) is 11.3 Å². The van der Waals surface area contributed by atoms with E-state index in [0.29, 0.717) is 5.69 Å². The molecule has 1 aromatic carbocycles. The molecule has 6 heteroatoms. The van der Waals surface area contributed by atoms with Crippen LogP contribution in [0.3, 0.4) is 0 Å². The first-order valence-electron chi connectivity index (χ1n) is 6.95. The molecule has 1 aromatic rings. The molecule has 0 aromatic heterocycles. The first-order chi connectivity index (χ1) is 9.62. The Labute approximate surface area is 127 Å². The molecule has 0 radical (unpaired) electrons. The number of benzene rings is 1. The SMILES string of the molecule is C[C@H](C(=O)NCCS(=O)(=O)Nc1ccccc1)C(C)(C)C. The molecule has 0 bridgehead atoms. The van der Waals surface area contributed by atoms with Gasteiger partial charge in [0.15, 0.2) is 0 Å². The van der Waals surface area contributed by atoms with Crippen LogP contribution < -0.4 is 10.0 Å². The number of anilines is 1. The Morgan fingerprint density at radius 3 is 2.29 bits per heavy atom. The molecular formula is C15H24N2O3S. The standard InChI is InChI=1S/C15H24N2O3S/c1-12(15(2,3)4)14(18)16-10-11-21(19,20)17-13-8-6-5-7-9-13/h5-9,12,17H,10-11H2,1-4H3,(H,16,18)/t12-/m1/s1. The van der Waals surface area contributed by atoms with Gasteiger partial charge in [-0.05, 0) is 17.5 Å². The maximum atomic E-state index is 11.9. The largest absolute Gasteiger partial charge is 0.355 e. The van der Waals surface area contributed by atoms with Gasteiger partial charge in [-0.25, -0.2) is 8.42 Å². The number of amides is 1. The molecule has 5 nitrogen and oxygen atoms in total. The van der Waals surface area contributed by atoms with Gasteiger partial charge in [0.2, 0.25) is 15.9 Å². The van der Waals surface area contributed by atoms with Crippen molar-refractivity contribution in [3.05, 3.63) is 30.3 Å². The predicted molar refractivity (Wildman–Crippen MR) is 85.5 cm³/mol. The highest BCUT2D eigenvalue weighted by Crippen LogP contribution is 2.25. The van der Waals surface area contributed by atoms with Gasteiger partial charge >= 0.3 is 0 Å². The minimum atomic E-state index is -3.46. The van der Waals surface area contributed by atoms with E-state index in [2.05, 4.69) is 10.0 Å². The average Bonchev–Trinajstić information content (AvgIpc) is 2.37. The summed E-state index contributed by atoms with van der Waals surface area (Å²) in [5.41, 5.74) is 0.373. The molecule has 0 aliphatic carbocycles. The second-order valence-electron chi connectivity index (χ2n) is 6.17. The molecule has 118 valence electrons. The monoisotopic (exact) mass is 312 g/mol. The second-order valence-corrected chi connectivity index (χ2v) is 8.01. The minimum Gasteiger partial charge on any atom is -0.355 e. The molecule has 0 aliphatic rings. The van der Waals surface area contributed by atoms with Crippen molar-refractivity contribution in [2.24, 2.45) is 11.3 Å². The molecule has 0 spiro atoms. The summed E-state index contributed by atoms with van der Waals surface area (Å²) in [6.45, 7) is 7.87. The lowest BCUT2D eigenvalue weighted by Gasteiger charge is -2.26. The summed E-state index contributed by atoms with van der Waals surface area (Å²) in [7, 11) is -3.46. The summed E-state index contributed by atoms with van der Waals surface area (Å²) in [6, 6.07) is 8.68. The molecule has 0 saturated carbocycles. The summed E-state index contributed by atoms with van der Waals surface area (Å²) in [5.74, 6) is -0.454. The van der Waals surface area contributed by atoms with Gasteiger partial charge in [-0.1, -0.05) is 45.9 Å². The van der Waals surface area contributed by atoms with E-state index >= 15 is 0 Å². The number of nitrogens with one attached hydrogen (secondary N) is 2. The van der Waals surface area contributed by atoms with E-state index in [1.54, 1.807) is 24.3 Å². The number of sulfonamides is 1. The quantitative estimate of drug-likeness (QED) is 0.846. The summed E-state index contributed by atoms with van der Waals surface area (Å²) in [5, 5.41) is 2.67. The van der Waals surface area contributed by atoms with E-state index in [9.17, 15) is 13.2 Å². The molecule has 21 heavy (non-hydrogen) atoms. The van der Waals surface area contributed by atoms with Crippen molar-refractivity contribution in [3.63, 3.8) is 0 Å². The highest BCUT2D eigenvalue weighted by atomic mass is 32.2. The first-order valence-corrected chi connectivity index (χ1v) is 8.60. The predicted octanol–water partition coefficient (Wildman–Crippen LogP) is 2.23. The fourth-order valence-corrected chi connectivity index (χ4v) is 2.56. The van der Waals surface area contributed by atoms with Crippen molar-refractivity contribution < 1.29 is 13.2 Å². The third kappa shape index (κ3) is 6.16. The van der Waals surface area contributed by atoms with Crippen LogP contribution in [-0.2, 0) is 14.8 Å². The van der Waals surface area contributed by atoms with Crippen LogP contribution in [-0.4, -0.2) is 26.6 Å². The molecule has 0 fully saturated rings. The summed E-state index contributed by atoms with van der Waals surface area (Å²) in [4.78, 5) is 11.9. The van der Waals surface area contributed by atoms with Crippen LogP contribution >= 0.6 is 0 Å². The van der Waals surface area contributed by atoms with Crippen LogP contribution in [0.1, 0.15) is 27.7 Å². The van der Waals surface area contributed by atoms with Crippen LogP contribution in [0.15, 0.2) is 30.3 Å². The van der Waals surface area contributed by atoms with Gasteiger partial charge < -0.3 is 5.32 Å². The average molecular weight is 312 g/mol. The van der Waals surface area contributed by atoms with E-state index in [1.165, 1.54) is 0 Å². The maximum absolute atomic E-state index is 11.9. The summed E-state index contributed by atoms with van der Waals surface area (Å²) in [6.07, 6.45) is 0. The number of hydrogen-bond acceptors (Lipinski definition) is 3. The van der Waals surface area contributed by atoms with E-state index in [4.69, 9.17) is 0 Å². The third-order valence-electron chi connectivity index (χ3n) is 3.41. The van der Waals surface area contributed by atoms with E-state index in [-0.39, 0.29) is 29.5 Å². The minimum absolute atomic E-state index is 0.0986. The Kier molecular flexibility index (Phi) is 5.78. The Morgan fingerprint density at radius 2 is 1.76 bits per heavy atom. The smallest absolute Gasteiger partial charge is 0.234 e. The molecule has 0 saturated heterocycles. The number of rotatable bonds is 6. The Hall–Kier alpha value is -1.56. The van der Waals surface area contributed by atoms with Crippen LogP contribution in [0.5, 0.6) is 0 Å². The number of hydrogen-bond donors (Lipinski definition) is 2. The van der Waals surface area contributed by atoms with Gasteiger partial charge in [0.1, 0.15) is 0 Å². The zero-order valence-corrected chi connectivity index (χ0v) is 13.8. The lowest BCUT2D eigenvalue weighted by atomic mass is 9.81. The van der Waals surface area contributed by atoms with Gasteiger partial charge in [-0.3, -0.25) is 9.52 Å². The maximum Gasteiger partial charge on any atom is 0.234 e. The van der Waals surface area contributed by atoms with Gasteiger partial charge in [0.25, 0.3) is 0 Å². The summed E-state index contributed by atoms with van der Waals surface area (Å²) < 4.78 is 26.2. The van der Waals surface area contributed by atoms with Crippen molar-refractivity contribution in [2.45, 2.75) is 27.7 Å².